The lowest BCUT2D eigenvalue weighted by Gasteiger charge is -2.22. The van der Waals surface area contributed by atoms with E-state index in [0.29, 0.717) is 0 Å². The van der Waals surface area contributed by atoms with Crippen LogP contribution in [0.4, 0.5) is 11.6 Å². The minimum absolute atomic E-state index is 0.156. The summed E-state index contributed by atoms with van der Waals surface area (Å²) in [6, 6.07) is 0.156. The van der Waals surface area contributed by atoms with Gasteiger partial charge in [0.15, 0.2) is 0 Å². The van der Waals surface area contributed by atoms with Crippen LogP contribution in [-0.2, 0) is 0 Å². The smallest absolute Gasteiger partial charge is 0.135 e. The highest BCUT2D eigenvalue weighted by atomic mass is 16.3. The number of aliphatic hydroxyl groups is 1. The van der Waals surface area contributed by atoms with Gasteiger partial charge in [0.25, 0.3) is 0 Å². The van der Waals surface area contributed by atoms with Crippen LogP contribution in [0.3, 0.4) is 0 Å². The van der Waals surface area contributed by atoms with E-state index in [1.165, 1.54) is 0 Å². The van der Waals surface area contributed by atoms with Gasteiger partial charge in [0.2, 0.25) is 0 Å². The molecule has 114 valence electrons. The Balaban J connectivity index is 3.10. The first-order valence-electron chi connectivity index (χ1n) is 7.40. The first kappa shape index (κ1) is 16.7. The Morgan fingerprint density at radius 1 is 1.10 bits per heavy atom. The van der Waals surface area contributed by atoms with E-state index in [2.05, 4.69) is 48.3 Å². The zero-order chi connectivity index (χ0) is 15.3. The summed E-state index contributed by atoms with van der Waals surface area (Å²) in [4.78, 5) is 9.21. The van der Waals surface area contributed by atoms with Gasteiger partial charge in [-0.05, 0) is 26.7 Å². The lowest BCUT2D eigenvalue weighted by molar-refractivity contribution is 0.226. The van der Waals surface area contributed by atoms with Gasteiger partial charge in [0.1, 0.15) is 17.5 Å². The van der Waals surface area contributed by atoms with Crippen molar-refractivity contribution in [3.63, 3.8) is 0 Å². The largest absolute Gasteiger partial charge is 0.396 e. The Hall–Kier alpha value is -1.36. The summed E-state index contributed by atoms with van der Waals surface area (Å²) in [6.45, 7) is 13.3. The molecule has 0 bridgehead atoms. The van der Waals surface area contributed by atoms with E-state index in [9.17, 15) is 5.11 Å². The molecular weight excluding hydrogens is 252 g/mol. The first-order valence-corrected chi connectivity index (χ1v) is 7.40. The average molecular weight is 280 g/mol. The molecule has 5 heteroatoms. The number of aromatic nitrogens is 2. The molecule has 0 aliphatic carbocycles. The quantitative estimate of drug-likeness (QED) is 0.716. The van der Waals surface area contributed by atoms with E-state index in [0.717, 1.165) is 29.6 Å². The maximum Gasteiger partial charge on any atom is 0.135 e. The van der Waals surface area contributed by atoms with Crippen LogP contribution >= 0.6 is 0 Å². The van der Waals surface area contributed by atoms with Crippen LogP contribution in [0, 0.1) is 12.8 Å². The Morgan fingerprint density at radius 2 is 1.70 bits per heavy atom. The van der Waals surface area contributed by atoms with Crippen molar-refractivity contribution in [2.45, 2.75) is 53.5 Å². The van der Waals surface area contributed by atoms with Crippen molar-refractivity contribution in [2.24, 2.45) is 5.92 Å². The molecule has 2 atom stereocenters. The van der Waals surface area contributed by atoms with E-state index in [4.69, 9.17) is 0 Å². The molecule has 1 aromatic rings. The van der Waals surface area contributed by atoms with Gasteiger partial charge in [-0.25, -0.2) is 9.97 Å². The summed E-state index contributed by atoms with van der Waals surface area (Å²) in [7, 11) is 0. The lowest BCUT2D eigenvalue weighted by Crippen LogP contribution is -2.27. The highest BCUT2D eigenvalue weighted by Crippen LogP contribution is 2.24. The molecule has 0 radical (unpaired) electrons. The van der Waals surface area contributed by atoms with E-state index < -0.39 is 0 Å². The Kier molecular flexibility index (Phi) is 6.20. The molecule has 0 saturated heterocycles. The molecule has 1 rings (SSSR count). The minimum Gasteiger partial charge on any atom is -0.396 e. The van der Waals surface area contributed by atoms with Gasteiger partial charge < -0.3 is 15.7 Å². The van der Waals surface area contributed by atoms with E-state index in [-0.39, 0.29) is 24.5 Å². The van der Waals surface area contributed by atoms with Crippen molar-refractivity contribution in [3.05, 3.63) is 11.4 Å². The summed E-state index contributed by atoms with van der Waals surface area (Å²) in [5, 5.41) is 15.9. The van der Waals surface area contributed by atoms with Crippen LogP contribution in [0.5, 0.6) is 0 Å². The second-order valence-corrected chi connectivity index (χ2v) is 5.68. The van der Waals surface area contributed by atoms with Gasteiger partial charge >= 0.3 is 0 Å². The zero-order valence-electron chi connectivity index (χ0n) is 13.5. The molecule has 0 aliphatic rings. The normalized spacial score (nSPS) is 14.2. The number of hydrogen-bond acceptors (Lipinski definition) is 5. The molecule has 2 unspecified atom stereocenters. The second kappa shape index (κ2) is 7.43. The SMILES string of the molecule is CCNc1nc(C(C)C)nc(NC(C)C(C)CO)c1C. The predicted molar refractivity (Wildman–Crippen MR) is 84.4 cm³/mol. The third-order valence-electron chi connectivity index (χ3n) is 3.53. The molecule has 0 aliphatic heterocycles. The van der Waals surface area contributed by atoms with Gasteiger partial charge in [0.05, 0.1) is 0 Å². The van der Waals surface area contributed by atoms with Crippen molar-refractivity contribution in [3.8, 4) is 0 Å². The third kappa shape index (κ3) is 4.07. The fourth-order valence-electron chi connectivity index (χ4n) is 1.79. The van der Waals surface area contributed by atoms with Crippen molar-refractivity contribution in [1.82, 2.24) is 9.97 Å². The second-order valence-electron chi connectivity index (χ2n) is 5.68. The Morgan fingerprint density at radius 3 is 2.20 bits per heavy atom. The molecular formula is C15H28N4O. The molecule has 0 amide bonds. The van der Waals surface area contributed by atoms with Gasteiger partial charge in [0, 0.05) is 30.7 Å². The van der Waals surface area contributed by atoms with Crippen molar-refractivity contribution < 1.29 is 5.11 Å². The summed E-state index contributed by atoms with van der Waals surface area (Å²) in [5.41, 5.74) is 1.02. The number of nitrogens with one attached hydrogen (secondary N) is 2. The van der Waals surface area contributed by atoms with Gasteiger partial charge in [-0.3, -0.25) is 0 Å². The van der Waals surface area contributed by atoms with Crippen LogP contribution in [0.1, 0.15) is 51.9 Å². The average Bonchev–Trinajstić information content (AvgIpc) is 2.41. The van der Waals surface area contributed by atoms with Crippen LogP contribution in [0.2, 0.25) is 0 Å². The Labute approximate surface area is 122 Å². The topological polar surface area (TPSA) is 70.1 Å². The predicted octanol–water partition coefficient (Wildman–Crippen LogP) is 2.77. The molecule has 1 heterocycles. The summed E-state index contributed by atoms with van der Waals surface area (Å²) in [6.07, 6.45) is 0. The summed E-state index contributed by atoms with van der Waals surface area (Å²) < 4.78 is 0. The maximum absolute atomic E-state index is 9.25. The monoisotopic (exact) mass is 280 g/mol. The standard InChI is InChI=1S/C15H28N4O/c1-7-16-14-11(5)15(17-12(6)10(4)8-20)19-13(18-14)9(2)3/h9-10,12,20H,7-8H2,1-6H3,(H2,16,17,18,19). The number of rotatable bonds is 7. The number of aliphatic hydroxyl groups excluding tert-OH is 1. The van der Waals surface area contributed by atoms with Crippen LogP contribution in [0.25, 0.3) is 0 Å². The van der Waals surface area contributed by atoms with E-state index >= 15 is 0 Å². The fraction of sp³-hybridized carbons (Fsp3) is 0.733. The number of nitrogens with zero attached hydrogens (tertiary/aromatic N) is 2. The molecule has 3 N–H and O–H groups in total. The lowest BCUT2D eigenvalue weighted by atomic mass is 10.0. The molecule has 5 nitrogen and oxygen atoms in total. The fourth-order valence-corrected chi connectivity index (χ4v) is 1.79. The molecule has 0 aromatic carbocycles. The zero-order valence-corrected chi connectivity index (χ0v) is 13.5. The molecule has 0 fully saturated rings. The molecule has 0 saturated carbocycles. The highest BCUT2D eigenvalue weighted by Gasteiger charge is 2.17. The van der Waals surface area contributed by atoms with Gasteiger partial charge in [-0.15, -0.1) is 0 Å². The number of anilines is 2. The maximum atomic E-state index is 9.25. The molecule has 1 aromatic heterocycles. The van der Waals surface area contributed by atoms with E-state index in [1.807, 2.05) is 13.8 Å². The van der Waals surface area contributed by atoms with Crippen molar-refractivity contribution >= 4 is 11.6 Å². The Bertz CT molecular complexity index is 434. The van der Waals surface area contributed by atoms with Gasteiger partial charge in [-0.2, -0.15) is 0 Å². The van der Waals surface area contributed by atoms with E-state index in [1.54, 1.807) is 0 Å². The van der Waals surface area contributed by atoms with Crippen LogP contribution in [0.15, 0.2) is 0 Å². The molecule has 0 spiro atoms. The van der Waals surface area contributed by atoms with Gasteiger partial charge in [-0.1, -0.05) is 20.8 Å². The van der Waals surface area contributed by atoms with Crippen molar-refractivity contribution in [2.75, 3.05) is 23.8 Å². The number of hydrogen-bond donors (Lipinski definition) is 3. The third-order valence-corrected chi connectivity index (χ3v) is 3.53. The van der Waals surface area contributed by atoms with Crippen LogP contribution < -0.4 is 10.6 Å². The molecule has 20 heavy (non-hydrogen) atoms. The first-order chi connectivity index (χ1) is 9.40. The van der Waals surface area contributed by atoms with Crippen molar-refractivity contribution in [1.29, 1.82) is 0 Å². The highest BCUT2D eigenvalue weighted by molar-refractivity contribution is 5.57. The van der Waals surface area contributed by atoms with Crippen LogP contribution in [-0.4, -0.2) is 34.3 Å². The minimum atomic E-state index is 0.156. The summed E-state index contributed by atoms with van der Waals surface area (Å²) in [5.74, 6) is 3.02. The summed E-state index contributed by atoms with van der Waals surface area (Å²) >= 11 is 0.